The number of pyridine rings is 1. The van der Waals surface area contributed by atoms with Crippen LogP contribution in [0.2, 0.25) is 0 Å². The molecular weight excluding hydrogens is 330 g/mol. The molecule has 1 aromatic carbocycles. The normalized spacial score (nSPS) is 31.7. The predicted molar refractivity (Wildman–Crippen MR) is 84.9 cm³/mol. The summed E-state index contributed by atoms with van der Waals surface area (Å²) in [7, 11) is -3.81. The van der Waals surface area contributed by atoms with Crippen molar-refractivity contribution in [2.75, 3.05) is 6.61 Å². The third kappa shape index (κ3) is 2.05. The molecule has 0 aliphatic carbocycles. The van der Waals surface area contributed by atoms with Crippen molar-refractivity contribution in [3.8, 4) is 0 Å². The Morgan fingerprint density at radius 3 is 2.62 bits per heavy atom. The number of benzene rings is 1. The van der Waals surface area contributed by atoms with Gasteiger partial charge < -0.3 is 14.6 Å². The lowest BCUT2D eigenvalue weighted by Gasteiger charge is -2.22. The molecule has 4 atom stereocenters. The van der Waals surface area contributed by atoms with Crippen LogP contribution in [0, 0.1) is 6.92 Å². The van der Waals surface area contributed by atoms with Gasteiger partial charge in [0.2, 0.25) is 14.8 Å². The Kier molecular flexibility index (Phi) is 3.50. The van der Waals surface area contributed by atoms with Crippen molar-refractivity contribution in [1.82, 2.24) is 4.98 Å². The third-order valence-corrected chi connectivity index (χ3v) is 6.86. The number of epoxide rings is 1. The van der Waals surface area contributed by atoms with E-state index in [1.807, 2.05) is 6.92 Å². The van der Waals surface area contributed by atoms with Crippen molar-refractivity contribution in [2.24, 2.45) is 0 Å². The van der Waals surface area contributed by atoms with Gasteiger partial charge in [-0.05, 0) is 25.1 Å². The van der Waals surface area contributed by atoms with Crippen LogP contribution in [-0.2, 0) is 19.3 Å². The Morgan fingerprint density at radius 1 is 1.25 bits per heavy atom. The molecule has 6 nitrogen and oxygen atoms in total. The molecule has 2 aromatic rings. The summed E-state index contributed by atoms with van der Waals surface area (Å²) in [4.78, 5) is 2.72. The molecule has 0 saturated carbocycles. The zero-order valence-corrected chi connectivity index (χ0v) is 13.8. The van der Waals surface area contributed by atoms with Gasteiger partial charge in [-0.3, -0.25) is 4.98 Å². The van der Waals surface area contributed by atoms with E-state index in [2.05, 4.69) is 4.98 Å². The first-order valence-electron chi connectivity index (χ1n) is 7.66. The molecule has 0 spiro atoms. The maximum atomic E-state index is 13.2. The van der Waals surface area contributed by atoms with Crippen molar-refractivity contribution in [1.29, 1.82) is 0 Å². The van der Waals surface area contributed by atoms with E-state index in [4.69, 9.17) is 9.47 Å². The van der Waals surface area contributed by atoms with Gasteiger partial charge in [0.1, 0.15) is 18.3 Å². The highest BCUT2D eigenvalue weighted by Gasteiger charge is 2.78. The summed E-state index contributed by atoms with van der Waals surface area (Å²) in [5.41, 5.74) is 1.59. The first kappa shape index (κ1) is 15.7. The van der Waals surface area contributed by atoms with E-state index in [0.29, 0.717) is 5.56 Å². The number of aromatic nitrogens is 1. The Hall–Kier alpha value is -1.80. The maximum absolute atomic E-state index is 13.2. The molecule has 0 unspecified atom stereocenters. The summed E-state index contributed by atoms with van der Waals surface area (Å²) in [5, 5.41) is 9.50. The topological polar surface area (TPSA) is 89.0 Å². The van der Waals surface area contributed by atoms with Crippen molar-refractivity contribution in [3.05, 3.63) is 59.9 Å². The fraction of sp³-hybridized carbons (Fsp3) is 0.353. The van der Waals surface area contributed by atoms with Gasteiger partial charge in [-0.1, -0.05) is 23.8 Å². The monoisotopic (exact) mass is 347 g/mol. The minimum Gasteiger partial charge on any atom is -0.394 e. The molecule has 24 heavy (non-hydrogen) atoms. The number of sulfone groups is 1. The number of nitrogens with zero attached hydrogens (tertiary/aromatic N) is 1. The minimum atomic E-state index is -3.81. The van der Waals surface area contributed by atoms with Crippen LogP contribution in [0.1, 0.15) is 17.2 Å². The van der Waals surface area contributed by atoms with Crippen molar-refractivity contribution < 1.29 is 23.0 Å². The van der Waals surface area contributed by atoms with E-state index in [9.17, 15) is 13.5 Å². The van der Waals surface area contributed by atoms with Gasteiger partial charge >= 0.3 is 0 Å². The molecule has 2 aliphatic heterocycles. The molecule has 0 radical (unpaired) electrons. The highest BCUT2D eigenvalue weighted by atomic mass is 32.2. The molecule has 3 heterocycles. The summed E-state index contributed by atoms with van der Waals surface area (Å²) >= 11 is 0. The average molecular weight is 347 g/mol. The van der Waals surface area contributed by atoms with Crippen LogP contribution in [0.4, 0.5) is 0 Å². The first-order chi connectivity index (χ1) is 11.5. The molecule has 126 valence electrons. The largest absolute Gasteiger partial charge is 0.394 e. The standard InChI is InChI=1S/C17H17NO5S/c1-11-4-6-13(7-5-11)24(20,21)17-15(12-3-2-8-18-9-12)22-14(10-19)16(17)23-17/h2-9,14-16,19H,10H2,1H3/t14-,15+,16-,17-/m1/s1. The van der Waals surface area contributed by atoms with Crippen LogP contribution < -0.4 is 0 Å². The van der Waals surface area contributed by atoms with Crippen LogP contribution in [0.3, 0.4) is 0 Å². The Balaban J connectivity index is 1.81. The molecule has 1 N–H and O–H groups in total. The van der Waals surface area contributed by atoms with Crippen LogP contribution in [-0.4, -0.2) is 42.3 Å². The molecule has 4 rings (SSSR count). The maximum Gasteiger partial charge on any atom is 0.233 e. The molecule has 1 aromatic heterocycles. The number of ether oxygens (including phenoxy) is 2. The number of hydrogen-bond donors (Lipinski definition) is 1. The van der Waals surface area contributed by atoms with E-state index in [1.54, 1.807) is 48.8 Å². The zero-order chi connectivity index (χ0) is 16.9. The lowest BCUT2D eigenvalue weighted by Crippen LogP contribution is -2.31. The third-order valence-electron chi connectivity index (χ3n) is 4.58. The van der Waals surface area contributed by atoms with Gasteiger partial charge in [0.15, 0.2) is 0 Å². The highest BCUT2D eigenvalue weighted by molar-refractivity contribution is 7.93. The average Bonchev–Trinajstić information content (AvgIpc) is 3.27. The van der Waals surface area contributed by atoms with Crippen LogP contribution in [0.15, 0.2) is 53.7 Å². The van der Waals surface area contributed by atoms with Crippen molar-refractivity contribution >= 4 is 9.84 Å². The fourth-order valence-corrected chi connectivity index (χ4v) is 5.32. The predicted octanol–water partition coefficient (Wildman–Crippen LogP) is 1.39. The van der Waals surface area contributed by atoms with Gasteiger partial charge in [-0.2, -0.15) is 0 Å². The molecule has 7 heteroatoms. The fourth-order valence-electron chi connectivity index (χ4n) is 3.29. The molecule has 2 aliphatic rings. The summed E-state index contributed by atoms with van der Waals surface area (Å²) in [6.45, 7) is 1.59. The second-order valence-corrected chi connectivity index (χ2v) is 8.22. The first-order valence-corrected chi connectivity index (χ1v) is 9.14. The van der Waals surface area contributed by atoms with E-state index >= 15 is 0 Å². The van der Waals surface area contributed by atoms with Gasteiger partial charge in [0.05, 0.1) is 11.5 Å². The van der Waals surface area contributed by atoms with Gasteiger partial charge in [-0.25, -0.2) is 8.42 Å². The molecule has 2 fully saturated rings. The summed E-state index contributed by atoms with van der Waals surface area (Å²) < 4.78 is 38.0. The van der Waals surface area contributed by atoms with Crippen molar-refractivity contribution in [3.63, 3.8) is 0 Å². The quantitative estimate of drug-likeness (QED) is 0.841. The second-order valence-electron chi connectivity index (χ2n) is 6.10. The molecule has 0 amide bonds. The van der Waals surface area contributed by atoms with Crippen molar-refractivity contribution in [2.45, 2.75) is 35.1 Å². The number of aryl methyl sites for hydroxylation is 1. The molecule has 2 saturated heterocycles. The summed E-state index contributed by atoms with van der Waals surface area (Å²) in [6.07, 6.45) is 0.998. The lowest BCUT2D eigenvalue weighted by atomic mass is 10.1. The highest BCUT2D eigenvalue weighted by Crippen LogP contribution is 2.61. The number of rotatable bonds is 4. The van der Waals surface area contributed by atoms with Crippen LogP contribution in [0.25, 0.3) is 0 Å². The lowest BCUT2D eigenvalue weighted by molar-refractivity contribution is -0.0590. The number of aliphatic hydroxyl groups excluding tert-OH is 1. The van der Waals surface area contributed by atoms with Crippen LogP contribution >= 0.6 is 0 Å². The van der Waals surface area contributed by atoms with Crippen LogP contribution in [0.5, 0.6) is 0 Å². The SMILES string of the molecule is Cc1ccc(S(=O)(=O)[C@@]23O[C@@H]2[C@@H](CO)O[C@H]3c2cccnc2)cc1. The zero-order valence-electron chi connectivity index (χ0n) is 13.0. The van der Waals surface area contributed by atoms with E-state index in [1.165, 1.54) is 0 Å². The summed E-state index contributed by atoms with van der Waals surface area (Å²) in [5.74, 6) is 0. The second kappa shape index (κ2) is 5.35. The smallest absolute Gasteiger partial charge is 0.233 e. The van der Waals surface area contributed by atoms with Gasteiger partial charge in [-0.15, -0.1) is 0 Å². The van der Waals surface area contributed by atoms with E-state index in [0.717, 1.165) is 5.56 Å². The summed E-state index contributed by atoms with van der Waals surface area (Å²) in [6, 6.07) is 10.1. The number of fused-ring (bicyclic) bond motifs is 1. The van der Waals surface area contributed by atoms with E-state index < -0.39 is 33.1 Å². The van der Waals surface area contributed by atoms with Gasteiger partial charge in [0, 0.05) is 18.0 Å². The molecular formula is C17H17NO5S. The van der Waals surface area contributed by atoms with E-state index in [-0.39, 0.29) is 11.5 Å². The van der Waals surface area contributed by atoms with Gasteiger partial charge in [0.25, 0.3) is 0 Å². The number of aliphatic hydroxyl groups is 1. The Bertz CT molecular complexity index is 852. The Labute approximate surface area is 140 Å². The minimum absolute atomic E-state index is 0.187. The molecule has 0 bridgehead atoms. The number of hydrogen-bond acceptors (Lipinski definition) is 6. The Morgan fingerprint density at radius 2 is 2.00 bits per heavy atom.